The van der Waals surface area contributed by atoms with Crippen LogP contribution in [0.25, 0.3) is 0 Å². The highest BCUT2D eigenvalue weighted by Gasteiger charge is 2.35. The normalized spacial score (nSPS) is 23.5. The number of sulfone groups is 1. The van der Waals surface area contributed by atoms with Crippen molar-refractivity contribution in [3.05, 3.63) is 33.0 Å². The van der Waals surface area contributed by atoms with Gasteiger partial charge in [-0.15, -0.1) is 0 Å². The average molecular weight is 371 g/mol. The molecule has 0 saturated carbocycles. The van der Waals surface area contributed by atoms with Crippen LogP contribution in [0.4, 0.5) is 4.39 Å². The monoisotopic (exact) mass is 369 g/mol. The molecular weight excluding hydrogens is 357 g/mol. The molecule has 1 fully saturated rings. The summed E-state index contributed by atoms with van der Waals surface area (Å²) in [6.07, 6.45) is 0.543. The Bertz CT molecular complexity index is 594. The molecule has 3 nitrogen and oxygen atoms in total. The topological polar surface area (TPSA) is 46.2 Å². The van der Waals surface area contributed by atoms with E-state index < -0.39 is 9.84 Å². The molecule has 0 aliphatic carbocycles. The maximum absolute atomic E-state index is 14.0. The fourth-order valence-electron chi connectivity index (χ4n) is 2.51. The summed E-state index contributed by atoms with van der Waals surface area (Å²) in [7, 11) is -1.30. The van der Waals surface area contributed by atoms with Crippen LogP contribution in [0.15, 0.2) is 16.6 Å². The van der Waals surface area contributed by atoms with Gasteiger partial charge in [-0.25, -0.2) is 12.8 Å². The molecule has 2 rings (SSSR count). The molecule has 1 aliphatic heterocycles. The Hall–Kier alpha value is -0.170. The number of rotatable bonds is 3. The van der Waals surface area contributed by atoms with Crippen LogP contribution in [0.2, 0.25) is 5.02 Å². The van der Waals surface area contributed by atoms with Gasteiger partial charge in [0.25, 0.3) is 0 Å². The van der Waals surface area contributed by atoms with Crippen molar-refractivity contribution in [2.75, 3.05) is 18.6 Å². The second-order valence-electron chi connectivity index (χ2n) is 4.72. The third kappa shape index (κ3) is 3.29. The van der Waals surface area contributed by atoms with E-state index in [4.69, 9.17) is 11.6 Å². The van der Waals surface area contributed by atoms with Gasteiger partial charge in [-0.2, -0.15) is 0 Å². The Balaban J connectivity index is 2.35. The molecule has 2 unspecified atom stereocenters. The first-order valence-electron chi connectivity index (χ1n) is 5.86. The quantitative estimate of drug-likeness (QED) is 0.832. The summed E-state index contributed by atoms with van der Waals surface area (Å²) in [6.45, 7) is 0. The molecular formula is C12H14BrClFNO2S. The van der Waals surface area contributed by atoms with E-state index in [1.54, 1.807) is 13.1 Å². The molecule has 1 aromatic rings. The van der Waals surface area contributed by atoms with Gasteiger partial charge in [-0.3, -0.25) is 0 Å². The second-order valence-corrected chi connectivity index (χ2v) is 8.21. The summed E-state index contributed by atoms with van der Waals surface area (Å²) in [6, 6.07) is 2.52. The number of halogens is 3. The molecule has 0 radical (unpaired) electrons. The van der Waals surface area contributed by atoms with Gasteiger partial charge < -0.3 is 5.32 Å². The second kappa shape index (κ2) is 5.68. The van der Waals surface area contributed by atoms with Crippen LogP contribution in [0.3, 0.4) is 0 Å². The molecule has 1 aromatic carbocycles. The highest BCUT2D eigenvalue weighted by Crippen LogP contribution is 2.35. The summed E-state index contributed by atoms with van der Waals surface area (Å²) in [4.78, 5) is 0. The number of benzene rings is 1. The summed E-state index contributed by atoms with van der Waals surface area (Å²) in [5.41, 5.74) is 0.415. The molecule has 7 heteroatoms. The summed E-state index contributed by atoms with van der Waals surface area (Å²) >= 11 is 9.15. The number of hydrogen-bond acceptors (Lipinski definition) is 3. The minimum atomic E-state index is -2.99. The van der Waals surface area contributed by atoms with Crippen molar-refractivity contribution in [2.45, 2.75) is 12.5 Å². The maximum atomic E-state index is 14.0. The Labute approximate surface area is 125 Å². The van der Waals surface area contributed by atoms with E-state index in [2.05, 4.69) is 21.2 Å². The van der Waals surface area contributed by atoms with Crippen molar-refractivity contribution in [2.24, 2.45) is 5.92 Å². The summed E-state index contributed by atoms with van der Waals surface area (Å²) < 4.78 is 37.6. The van der Waals surface area contributed by atoms with E-state index in [0.29, 0.717) is 21.5 Å². The third-order valence-electron chi connectivity index (χ3n) is 3.42. The minimum absolute atomic E-state index is 0.0889. The first-order chi connectivity index (χ1) is 8.84. The zero-order valence-corrected chi connectivity index (χ0v) is 13.4. The van der Waals surface area contributed by atoms with Crippen LogP contribution in [0, 0.1) is 11.7 Å². The lowest BCUT2D eigenvalue weighted by atomic mass is 9.92. The molecule has 0 spiro atoms. The fourth-order valence-corrected chi connectivity index (χ4v) is 4.84. The zero-order valence-electron chi connectivity index (χ0n) is 10.3. The molecule has 0 amide bonds. The standard InChI is InChI=1S/C12H14BrClFNO2S/c1-16-12(7-2-3-19(17,18)6-7)8-4-10(14)9(13)5-11(8)15/h4-5,7,12,16H,2-3,6H2,1H3. The molecule has 19 heavy (non-hydrogen) atoms. The molecule has 106 valence electrons. The van der Waals surface area contributed by atoms with Crippen molar-refractivity contribution in [3.63, 3.8) is 0 Å². The zero-order chi connectivity index (χ0) is 14.2. The maximum Gasteiger partial charge on any atom is 0.150 e. The van der Waals surface area contributed by atoms with Gasteiger partial charge in [0, 0.05) is 16.1 Å². The lowest BCUT2D eigenvalue weighted by Gasteiger charge is -2.23. The molecule has 0 aromatic heterocycles. The number of nitrogens with one attached hydrogen (secondary N) is 1. The fraction of sp³-hybridized carbons (Fsp3) is 0.500. The summed E-state index contributed by atoms with van der Waals surface area (Å²) in [5.74, 6) is -0.255. The van der Waals surface area contributed by atoms with Gasteiger partial charge in [-0.1, -0.05) is 11.6 Å². The van der Waals surface area contributed by atoms with Crippen molar-refractivity contribution in [1.82, 2.24) is 5.32 Å². The van der Waals surface area contributed by atoms with Gasteiger partial charge in [0.2, 0.25) is 0 Å². The van der Waals surface area contributed by atoms with Gasteiger partial charge >= 0.3 is 0 Å². The molecule has 1 saturated heterocycles. The number of hydrogen-bond donors (Lipinski definition) is 1. The predicted molar refractivity (Wildman–Crippen MR) is 77.7 cm³/mol. The van der Waals surface area contributed by atoms with E-state index in [-0.39, 0.29) is 29.3 Å². The molecule has 1 heterocycles. The van der Waals surface area contributed by atoms with E-state index in [1.807, 2.05) is 0 Å². The van der Waals surface area contributed by atoms with Crippen molar-refractivity contribution >= 4 is 37.4 Å². The van der Waals surface area contributed by atoms with E-state index >= 15 is 0 Å². The van der Waals surface area contributed by atoms with Crippen LogP contribution in [-0.2, 0) is 9.84 Å². The van der Waals surface area contributed by atoms with Crippen LogP contribution in [0.1, 0.15) is 18.0 Å². The van der Waals surface area contributed by atoms with Crippen LogP contribution >= 0.6 is 27.5 Å². The Morgan fingerprint density at radius 2 is 2.21 bits per heavy atom. The average Bonchev–Trinajstić information content (AvgIpc) is 2.67. The third-order valence-corrected chi connectivity index (χ3v) is 6.42. The van der Waals surface area contributed by atoms with Gasteiger partial charge in [0.1, 0.15) is 5.82 Å². The Kier molecular flexibility index (Phi) is 4.55. The smallest absolute Gasteiger partial charge is 0.150 e. The first kappa shape index (κ1) is 15.2. The largest absolute Gasteiger partial charge is 0.313 e. The van der Waals surface area contributed by atoms with Crippen molar-refractivity contribution in [1.29, 1.82) is 0 Å². The highest BCUT2D eigenvalue weighted by molar-refractivity contribution is 9.10. The summed E-state index contributed by atoms with van der Waals surface area (Å²) in [5, 5.41) is 3.42. The Morgan fingerprint density at radius 1 is 1.53 bits per heavy atom. The van der Waals surface area contributed by atoms with Crippen LogP contribution < -0.4 is 5.32 Å². The lowest BCUT2D eigenvalue weighted by molar-refractivity contribution is 0.403. The van der Waals surface area contributed by atoms with Gasteiger partial charge in [0.05, 0.1) is 16.5 Å². The van der Waals surface area contributed by atoms with Crippen LogP contribution in [-0.4, -0.2) is 27.0 Å². The Morgan fingerprint density at radius 3 is 2.74 bits per heavy atom. The van der Waals surface area contributed by atoms with Gasteiger partial charge in [-0.05, 0) is 47.4 Å². The highest BCUT2D eigenvalue weighted by atomic mass is 79.9. The van der Waals surface area contributed by atoms with E-state index in [0.717, 1.165) is 0 Å². The minimum Gasteiger partial charge on any atom is -0.313 e. The van der Waals surface area contributed by atoms with Crippen LogP contribution in [0.5, 0.6) is 0 Å². The predicted octanol–water partition coefficient (Wildman–Crippen LogP) is 2.94. The molecule has 1 N–H and O–H groups in total. The SMILES string of the molecule is CNC(c1cc(Cl)c(Br)cc1F)C1CCS(=O)(=O)C1. The lowest BCUT2D eigenvalue weighted by Crippen LogP contribution is -2.27. The molecule has 1 aliphatic rings. The molecule has 0 bridgehead atoms. The first-order valence-corrected chi connectivity index (χ1v) is 8.85. The van der Waals surface area contributed by atoms with E-state index in [9.17, 15) is 12.8 Å². The van der Waals surface area contributed by atoms with E-state index in [1.165, 1.54) is 6.07 Å². The van der Waals surface area contributed by atoms with Crippen molar-refractivity contribution in [3.8, 4) is 0 Å². The molecule has 2 atom stereocenters. The van der Waals surface area contributed by atoms with Crippen molar-refractivity contribution < 1.29 is 12.8 Å². The van der Waals surface area contributed by atoms with Gasteiger partial charge in [0.15, 0.2) is 9.84 Å².